The molecule has 0 fully saturated rings. The van der Waals surface area contributed by atoms with Crippen molar-refractivity contribution in [2.24, 2.45) is 0 Å². The van der Waals surface area contributed by atoms with Crippen LogP contribution in [-0.4, -0.2) is 22.1 Å². The molecule has 116 valence electrons. The van der Waals surface area contributed by atoms with Crippen molar-refractivity contribution in [1.82, 2.24) is 8.96 Å². The predicted octanol–water partition coefficient (Wildman–Crippen LogP) is 3.90. The SMILES string of the molecule is CC1=C(Br)CC(C)(S(=O)(=O)n2ccc3cccnc32)C=C1F. The summed E-state index contributed by atoms with van der Waals surface area (Å²) in [6.45, 7) is 3.14. The van der Waals surface area contributed by atoms with Gasteiger partial charge in [-0.1, -0.05) is 15.9 Å². The molecular weight excluding hydrogens is 371 g/mol. The average Bonchev–Trinajstić information content (AvgIpc) is 2.89. The van der Waals surface area contributed by atoms with E-state index >= 15 is 0 Å². The summed E-state index contributed by atoms with van der Waals surface area (Å²) in [5.41, 5.74) is 0.781. The maximum absolute atomic E-state index is 14.1. The van der Waals surface area contributed by atoms with E-state index in [1.807, 2.05) is 0 Å². The van der Waals surface area contributed by atoms with Crippen LogP contribution in [0.25, 0.3) is 11.0 Å². The Morgan fingerprint density at radius 1 is 1.41 bits per heavy atom. The summed E-state index contributed by atoms with van der Waals surface area (Å²) in [4.78, 5) is 4.13. The monoisotopic (exact) mass is 384 g/mol. The van der Waals surface area contributed by atoms with Gasteiger partial charge >= 0.3 is 0 Å². The quantitative estimate of drug-likeness (QED) is 0.788. The Bertz CT molecular complexity index is 930. The van der Waals surface area contributed by atoms with Gasteiger partial charge in [0.25, 0.3) is 0 Å². The van der Waals surface area contributed by atoms with Crippen LogP contribution in [0.3, 0.4) is 0 Å². The van der Waals surface area contributed by atoms with Gasteiger partial charge in [-0.25, -0.2) is 21.8 Å². The number of halogens is 2. The molecule has 2 aromatic rings. The van der Waals surface area contributed by atoms with Crippen molar-refractivity contribution >= 4 is 37.0 Å². The van der Waals surface area contributed by atoms with Crippen LogP contribution in [0, 0.1) is 0 Å². The molecule has 22 heavy (non-hydrogen) atoms. The van der Waals surface area contributed by atoms with Crippen molar-refractivity contribution in [3.63, 3.8) is 0 Å². The fraction of sp³-hybridized carbons (Fsp3) is 0.267. The van der Waals surface area contributed by atoms with Crippen molar-refractivity contribution in [1.29, 1.82) is 0 Å². The molecule has 0 N–H and O–H groups in total. The largest absolute Gasteiger partial charge is 0.249 e. The lowest BCUT2D eigenvalue weighted by molar-refractivity contribution is 0.540. The molecule has 0 spiro atoms. The molecule has 2 aromatic heterocycles. The summed E-state index contributed by atoms with van der Waals surface area (Å²) in [6, 6.07) is 5.21. The van der Waals surface area contributed by atoms with Crippen molar-refractivity contribution in [2.45, 2.75) is 25.0 Å². The third-order valence-electron chi connectivity index (χ3n) is 3.97. The number of fused-ring (bicyclic) bond motifs is 1. The van der Waals surface area contributed by atoms with E-state index in [-0.39, 0.29) is 6.42 Å². The Morgan fingerprint density at radius 2 is 2.14 bits per heavy atom. The molecule has 0 saturated carbocycles. The van der Waals surface area contributed by atoms with Gasteiger partial charge in [-0.05, 0) is 43.7 Å². The van der Waals surface area contributed by atoms with Gasteiger partial charge in [-0.3, -0.25) is 0 Å². The summed E-state index contributed by atoms with van der Waals surface area (Å²) >= 11 is 3.28. The van der Waals surface area contributed by atoms with Crippen LogP contribution in [0.1, 0.15) is 20.3 Å². The highest BCUT2D eigenvalue weighted by atomic mass is 79.9. The molecule has 4 nitrogen and oxygen atoms in total. The maximum atomic E-state index is 14.1. The second-order valence-electron chi connectivity index (χ2n) is 5.54. The minimum absolute atomic E-state index is 0.182. The first-order valence-corrected chi connectivity index (χ1v) is 8.91. The molecule has 2 heterocycles. The van der Waals surface area contributed by atoms with E-state index in [4.69, 9.17) is 0 Å². The van der Waals surface area contributed by atoms with E-state index in [0.717, 1.165) is 9.36 Å². The van der Waals surface area contributed by atoms with Crippen LogP contribution in [0.2, 0.25) is 0 Å². The number of aromatic nitrogens is 2. The Hall–Kier alpha value is -1.47. The van der Waals surface area contributed by atoms with E-state index in [2.05, 4.69) is 20.9 Å². The second kappa shape index (κ2) is 5.03. The summed E-state index contributed by atoms with van der Waals surface area (Å²) in [5.74, 6) is -0.520. The van der Waals surface area contributed by atoms with Crippen molar-refractivity contribution < 1.29 is 12.8 Å². The Balaban J connectivity index is 2.19. The second-order valence-corrected chi connectivity index (χ2v) is 8.78. The average molecular weight is 385 g/mol. The lowest BCUT2D eigenvalue weighted by Gasteiger charge is -2.30. The minimum atomic E-state index is -3.86. The molecule has 1 unspecified atom stereocenters. The number of hydrogen-bond donors (Lipinski definition) is 0. The van der Waals surface area contributed by atoms with E-state index in [1.165, 1.54) is 25.4 Å². The number of allylic oxidation sites excluding steroid dienone is 3. The zero-order valence-electron chi connectivity index (χ0n) is 12.0. The maximum Gasteiger partial charge on any atom is 0.249 e. The van der Waals surface area contributed by atoms with Crippen LogP contribution in [-0.2, 0) is 10.0 Å². The highest BCUT2D eigenvalue weighted by Gasteiger charge is 2.43. The summed E-state index contributed by atoms with van der Waals surface area (Å²) in [5, 5.41) is 0.723. The van der Waals surface area contributed by atoms with E-state index < -0.39 is 20.6 Å². The van der Waals surface area contributed by atoms with Crippen molar-refractivity contribution in [2.75, 3.05) is 0 Å². The highest BCUT2D eigenvalue weighted by molar-refractivity contribution is 9.11. The van der Waals surface area contributed by atoms with Gasteiger partial charge in [0.2, 0.25) is 10.0 Å². The first-order valence-electron chi connectivity index (χ1n) is 6.67. The van der Waals surface area contributed by atoms with Crippen LogP contribution < -0.4 is 0 Å². The predicted molar refractivity (Wildman–Crippen MR) is 87.9 cm³/mol. The summed E-state index contributed by atoms with van der Waals surface area (Å²) in [7, 11) is -3.86. The summed E-state index contributed by atoms with van der Waals surface area (Å²) in [6.07, 6.45) is 4.36. The fourth-order valence-corrected chi connectivity index (χ4v) is 5.11. The standard InChI is InChI=1S/C15H14BrFN2O2S/c1-10-12(16)8-15(2,9-13(10)17)22(20,21)19-7-5-11-4-3-6-18-14(11)19/h3-7,9H,8H2,1-2H3. The van der Waals surface area contributed by atoms with Crippen LogP contribution >= 0.6 is 15.9 Å². The van der Waals surface area contributed by atoms with Crippen LogP contribution in [0.5, 0.6) is 0 Å². The molecule has 0 bridgehead atoms. The zero-order valence-corrected chi connectivity index (χ0v) is 14.4. The molecule has 1 atom stereocenters. The fourth-order valence-electron chi connectivity index (χ4n) is 2.52. The summed E-state index contributed by atoms with van der Waals surface area (Å²) < 4.78 is 40.5. The smallest absolute Gasteiger partial charge is 0.237 e. The third-order valence-corrected chi connectivity index (χ3v) is 7.10. The van der Waals surface area contributed by atoms with Crippen molar-refractivity contribution in [3.05, 3.63) is 52.6 Å². The van der Waals surface area contributed by atoms with Gasteiger partial charge in [-0.2, -0.15) is 0 Å². The van der Waals surface area contributed by atoms with Crippen molar-refractivity contribution in [3.8, 4) is 0 Å². The molecule has 0 radical (unpaired) electrons. The number of rotatable bonds is 2. The Labute approximate surface area is 136 Å². The zero-order chi connectivity index (χ0) is 16.1. The third kappa shape index (κ3) is 2.14. The molecule has 1 aliphatic carbocycles. The molecule has 7 heteroatoms. The molecule has 0 saturated heterocycles. The first-order chi connectivity index (χ1) is 10.3. The number of hydrogen-bond acceptors (Lipinski definition) is 3. The Kier molecular flexibility index (Phi) is 3.52. The van der Waals surface area contributed by atoms with Crippen LogP contribution in [0.15, 0.2) is 52.6 Å². The normalized spacial score (nSPS) is 23.0. The van der Waals surface area contributed by atoms with Gasteiger partial charge in [0.15, 0.2) is 5.65 Å². The van der Waals surface area contributed by atoms with E-state index in [9.17, 15) is 12.8 Å². The van der Waals surface area contributed by atoms with Gasteiger partial charge in [0.05, 0.1) is 0 Å². The molecule has 3 rings (SSSR count). The molecule has 1 aliphatic rings. The van der Waals surface area contributed by atoms with Crippen LogP contribution in [0.4, 0.5) is 4.39 Å². The topological polar surface area (TPSA) is 52.0 Å². The molecular formula is C15H14BrFN2O2S. The number of pyridine rings is 1. The molecule has 0 amide bonds. The first kappa shape index (κ1) is 15.4. The number of nitrogens with zero attached hydrogens (tertiary/aromatic N) is 2. The lowest BCUT2D eigenvalue weighted by atomic mass is 9.97. The molecule has 0 aromatic carbocycles. The minimum Gasteiger partial charge on any atom is -0.237 e. The highest BCUT2D eigenvalue weighted by Crippen LogP contribution is 2.40. The van der Waals surface area contributed by atoms with E-state index in [1.54, 1.807) is 25.1 Å². The van der Waals surface area contributed by atoms with Gasteiger partial charge in [0, 0.05) is 28.7 Å². The van der Waals surface area contributed by atoms with E-state index in [0.29, 0.717) is 15.7 Å². The van der Waals surface area contributed by atoms with Gasteiger partial charge in [0.1, 0.15) is 10.6 Å². The van der Waals surface area contributed by atoms with Gasteiger partial charge in [-0.15, -0.1) is 0 Å². The van der Waals surface area contributed by atoms with Gasteiger partial charge < -0.3 is 0 Å². The Morgan fingerprint density at radius 3 is 2.82 bits per heavy atom. The lowest BCUT2D eigenvalue weighted by Crippen LogP contribution is -2.39. The molecule has 0 aliphatic heterocycles.